The molecule has 0 saturated carbocycles. The molecule has 5 nitrogen and oxygen atoms in total. The number of alkyl halides is 3. The number of hydrogen-bond donors (Lipinski definition) is 1. The molecule has 2 aromatic carbocycles. The van der Waals surface area contributed by atoms with Crippen LogP contribution < -0.4 is 9.46 Å². The molecule has 2 aromatic rings. The van der Waals surface area contributed by atoms with Gasteiger partial charge in [0.05, 0.1) is 7.11 Å². The Morgan fingerprint density at radius 2 is 1.77 bits per heavy atom. The van der Waals surface area contributed by atoms with Gasteiger partial charge in [-0.05, 0) is 48.0 Å². The van der Waals surface area contributed by atoms with E-state index in [4.69, 9.17) is 16.3 Å². The van der Waals surface area contributed by atoms with Crippen molar-refractivity contribution in [2.75, 3.05) is 7.11 Å². The van der Waals surface area contributed by atoms with E-state index in [9.17, 15) is 26.4 Å². The molecule has 0 fully saturated rings. The van der Waals surface area contributed by atoms with Crippen molar-refractivity contribution in [1.82, 2.24) is 4.72 Å². The van der Waals surface area contributed by atoms with Gasteiger partial charge in [0.1, 0.15) is 5.75 Å². The molecule has 0 aliphatic heterocycles. The SMILES string of the molecule is COc1ccc(C(=O)c2ccc(Cl)cc2CNS(=O)(=O)C(F)(F)F)cc1. The van der Waals surface area contributed by atoms with Gasteiger partial charge >= 0.3 is 15.5 Å². The fourth-order valence-electron chi connectivity index (χ4n) is 2.08. The van der Waals surface area contributed by atoms with E-state index in [1.807, 2.05) is 0 Å². The fourth-order valence-corrected chi connectivity index (χ4v) is 2.79. The molecule has 0 amide bonds. The number of ether oxygens (including phenoxy) is 1. The molecular weight excluding hydrogens is 395 g/mol. The highest BCUT2D eigenvalue weighted by atomic mass is 35.5. The van der Waals surface area contributed by atoms with Crippen LogP contribution in [0.1, 0.15) is 21.5 Å². The van der Waals surface area contributed by atoms with Crippen LogP contribution in [0.3, 0.4) is 0 Å². The van der Waals surface area contributed by atoms with Crippen molar-refractivity contribution in [1.29, 1.82) is 0 Å². The number of methoxy groups -OCH3 is 1. The summed E-state index contributed by atoms with van der Waals surface area (Å²) in [6, 6.07) is 10.0. The van der Waals surface area contributed by atoms with E-state index in [0.717, 1.165) is 0 Å². The molecular formula is C16H13ClF3NO4S. The van der Waals surface area contributed by atoms with Crippen LogP contribution in [0.15, 0.2) is 42.5 Å². The first kappa shape index (κ1) is 20.2. The second-order valence-electron chi connectivity index (χ2n) is 5.13. The number of nitrogens with one attached hydrogen (secondary N) is 1. The van der Waals surface area contributed by atoms with Crippen LogP contribution in [-0.2, 0) is 16.6 Å². The first-order valence-electron chi connectivity index (χ1n) is 7.08. The van der Waals surface area contributed by atoms with Crippen molar-refractivity contribution in [2.45, 2.75) is 12.1 Å². The summed E-state index contributed by atoms with van der Waals surface area (Å²) >= 11 is 5.82. The Labute approximate surface area is 152 Å². The second kappa shape index (κ2) is 7.65. The number of sulfonamides is 1. The van der Waals surface area contributed by atoms with Crippen molar-refractivity contribution in [3.05, 3.63) is 64.2 Å². The number of halogens is 4. The van der Waals surface area contributed by atoms with E-state index >= 15 is 0 Å². The summed E-state index contributed by atoms with van der Waals surface area (Å²) < 4.78 is 66.1. The van der Waals surface area contributed by atoms with Crippen molar-refractivity contribution < 1.29 is 31.1 Å². The van der Waals surface area contributed by atoms with Crippen molar-refractivity contribution in [3.8, 4) is 5.75 Å². The van der Waals surface area contributed by atoms with E-state index in [0.29, 0.717) is 5.75 Å². The number of benzene rings is 2. The minimum Gasteiger partial charge on any atom is -0.497 e. The standard InChI is InChI=1S/C16H13ClF3NO4S/c1-25-13-5-2-10(3-6-13)15(22)14-7-4-12(17)8-11(14)9-21-26(23,24)16(18,19)20/h2-8,21H,9H2,1H3. The molecule has 1 N–H and O–H groups in total. The lowest BCUT2D eigenvalue weighted by atomic mass is 9.98. The van der Waals surface area contributed by atoms with Gasteiger partial charge in [0.2, 0.25) is 0 Å². The lowest BCUT2D eigenvalue weighted by Gasteiger charge is -2.13. The molecule has 2 rings (SSSR count). The molecule has 140 valence electrons. The molecule has 0 saturated heterocycles. The van der Waals surface area contributed by atoms with Crippen LogP contribution in [0.2, 0.25) is 5.02 Å². The smallest absolute Gasteiger partial charge is 0.497 e. The Hall–Kier alpha value is -2.10. The van der Waals surface area contributed by atoms with Gasteiger partial charge in [0.15, 0.2) is 5.78 Å². The normalized spacial score (nSPS) is 12.0. The molecule has 0 unspecified atom stereocenters. The number of carbonyl (C=O) groups excluding carboxylic acids is 1. The molecule has 0 heterocycles. The van der Waals surface area contributed by atoms with E-state index in [1.54, 1.807) is 12.1 Å². The number of hydrogen-bond acceptors (Lipinski definition) is 4. The topological polar surface area (TPSA) is 72.5 Å². The summed E-state index contributed by atoms with van der Waals surface area (Å²) in [4.78, 5) is 12.6. The van der Waals surface area contributed by atoms with E-state index in [2.05, 4.69) is 0 Å². The van der Waals surface area contributed by atoms with Crippen LogP contribution in [0.25, 0.3) is 0 Å². The summed E-state index contributed by atoms with van der Waals surface area (Å²) in [7, 11) is -4.09. The molecule has 0 aromatic heterocycles. The summed E-state index contributed by atoms with van der Waals surface area (Å²) in [6.07, 6.45) is 0. The predicted molar refractivity (Wildman–Crippen MR) is 89.7 cm³/mol. The summed E-state index contributed by atoms with van der Waals surface area (Å²) in [5.74, 6) is 0.0290. The van der Waals surface area contributed by atoms with Gasteiger partial charge in [-0.1, -0.05) is 11.6 Å². The molecule has 0 bridgehead atoms. The highest BCUT2D eigenvalue weighted by Gasteiger charge is 2.45. The van der Waals surface area contributed by atoms with Crippen LogP contribution in [-0.4, -0.2) is 26.8 Å². The van der Waals surface area contributed by atoms with Crippen molar-refractivity contribution >= 4 is 27.4 Å². The molecule has 0 spiro atoms. The third kappa shape index (κ3) is 4.54. The quantitative estimate of drug-likeness (QED) is 0.744. The summed E-state index contributed by atoms with van der Waals surface area (Å²) in [5, 5.41) is 0.150. The Bertz CT molecular complexity index is 912. The summed E-state index contributed by atoms with van der Waals surface area (Å²) in [5.41, 5.74) is -5.14. The maximum atomic E-state index is 12.6. The van der Waals surface area contributed by atoms with Gasteiger partial charge in [-0.25, -0.2) is 13.1 Å². The molecule has 26 heavy (non-hydrogen) atoms. The van der Waals surface area contributed by atoms with Crippen molar-refractivity contribution in [2.24, 2.45) is 0 Å². The van der Waals surface area contributed by atoms with E-state index in [-0.39, 0.29) is 21.7 Å². The highest BCUT2D eigenvalue weighted by molar-refractivity contribution is 7.90. The molecule has 0 aliphatic rings. The van der Waals surface area contributed by atoms with Gasteiger partial charge in [-0.3, -0.25) is 4.79 Å². The lowest BCUT2D eigenvalue weighted by Crippen LogP contribution is -2.36. The van der Waals surface area contributed by atoms with Gasteiger partial charge in [-0.2, -0.15) is 13.2 Å². The first-order chi connectivity index (χ1) is 12.0. The lowest BCUT2D eigenvalue weighted by molar-refractivity contribution is -0.0448. The van der Waals surface area contributed by atoms with E-state index in [1.165, 1.54) is 42.2 Å². The second-order valence-corrected chi connectivity index (χ2v) is 7.32. The van der Waals surface area contributed by atoms with Gasteiger partial charge < -0.3 is 4.74 Å². The average Bonchev–Trinajstić information content (AvgIpc) is 2.58. The minimum absolute atomic E-state index is 0.0196. The first-order valence-corrected chi connectivity index (χ1v) is 8.94. The zero-order valence-electron chi connectivity index (χ0n) is 13.3. The third-order valence-corrected chi connectivity index (χ3v) is 4.79. The van der Waals surface area contributed by atoms with Gasteiger partial charge in [0, 0.05) is 22.7 Å². The average molecular weight is 408 g/mol. The predicted octanol–water partition coefficient (Wildman–Crippen LogP) is 3.52. The van der Waals surface area contributed by atoms with E-state index < -0.39 is 27.9 Å². The molecule has 0 aliphatic carbocycles. The number of carbonyl (C=O) groups is 1. The Morgan fingerprint density at radius 1 is 1.15 bits per heavy atom. The maximum absolute atomic E-state index is 12.6. The molecule has 10 heteroatoms. The van der Waals surface area contributed by atoms with Gasteiger partial charge in [0.25, 0.3) is 0 Å². The minimum atomic E-state index is -5.55. The Kier molecular flexibility index (Phi) is 5.94. The zero-order chi connectivity index (χ0) is 19.5. The monoisotopic (exact) mass is 407 g/mol. The number of ketones is 1. The Balaban J connectivity index is 2.33. The van der Waals surface area contributed by atoms with Crippen LogP contribution >= 0.6 is 11.6 Å². The van der Waals surface area contributed by atoms with Crippen LogP contribution in [0, 0.1) is 0 Å². The highest BCUT2D eigenvalue weighted by Crippen LogP contribution is 2.24. The molecule has 0 radical (unpaired) electrons. The largest absolute Gasteiger partial charge is 0.511 e. The maximum Gasteiger partial charge on any atom is 0.511 e. The zero-order valence-corrected chi connectivity index (χ0v) is 14.9. The Morgan fingerprint density at radius 3 is 2.31 bits per heavy atom. The van der Waals surface area contributed by atoms with Crippen molar-refractivity contribution in [3.63, 3.8) is 0 Å². The number of rotatable bonds is 6. The van der Waals surface area contributed by atoms with Gasteiger partial charge in [-0.15, -0.1) is 0 Å². The molecule has 0 atom stereocenters. The van der Waals surface area contributed by atoms with Crippen LogP contribution in [0.5, 0.6) is 5.75 Å². The summed E-state index contributed by atoms with van der Waals surface area (Å²) in [6.45, 7) is -0.736. The third-order valence-electron chi connectivity index (χ3n) is 3.42. The fraction of sp³-hybridized carbons (Fsp3) is 0.188. The van der Waals surface area contributed by atoms with Crippen LogP contribution in [0.4, 0.5) is 13.2 Å².